The summed E-state index contributed by atoms with van der Waals surface area (Å²) in [5.41, 5.74) is 6.22. The second-order valence-electron chi connectivity index (χ2n) is 7.46. The third-order valence-electron chi connectivity index (χ3n) is 4.78. The summed E-state index contributed by atoms with van der Waals surface area (Å²) in [6.45, 7) is 5.13. The average Bonchev–Trinajstić information content (AvgIpc) is 2.74. The number of hydrogen-bond acceptors (Lipinski definition) is 4. The molecule has 0 saturated heterocycles. The smallest absolute Gasteiger partial charge is 0.264 e. The molecule has 0 bridgehead atoms. The first-order valence-corrected chi connectivity index (χ1v) is 11.7. The molecule has 32 heavy (non-hydrogen) atoms. The van der Waals surface area contributed by atoms with E-state index in [0.29, 0.717) is 16.3 Å². The van der Waals surface area contributed by atoms with Gasteiger partial charge in [0, 0.05) is 5.02 Å². The van der Waals surface area contributed by atoms with Crippen molar-refractivity contribution in [2.45, 2.75) is 25.7 Å². The molecule has 0 fully saturated rings. The number of halogens is 1. The number of carbonyl (C=O) groups is 1. The highest BCUT2D eigenvalue weighted by molar-refractivity contribution is 7.92. The number of hydrogen-bond donors (Lipinski definition) is 1. The molecule has 0 heterocycles. The van der Waals surface area contributed by atoms with Crippen LogP contribution in [0.2, 0.25) is 5.02 Å². The van der Waals surface area contributed by atoms with Crippen molar-refractivity contribution >= 4 is 39.4 Å². The largest absolute Gasteiger partial charge is 0.271 e. The Bertz CT molecular complexity index is 1260. The maximum absolute atomic E-state index is 13.4. The van der Waals surface area contributed by atoms with Gasteiger partial charge in [0.15, 0.2) is 0 Å². The summed E-state index contributed by atoms with van der Waals surface area (Å²) in [4.78, 5) is 12.7. The fourth-order valence-corrected chi connectivity index (χ4v) is 4.73. The summed E-state index contributed by atoms with van der Waals surface area (Å²) < 4.78 is 27.9. The van der Waals surface area contributed by atoms with Gasteiger partial charge in [-0.2, -0.15) is 5.10 Å². The average molecular weight is 470 g/mol. The lowest BCUT2D eigenvalue weighted by Crippen LogP contribution is -2.40. The number of sulfonamides is 1. The monoisotopic (exact) mass is 469 g/mol. The minimum absolute atomic E-state index is 0.0820. The van der Waals surface area contributed by atoms with E-state index in [-0.39, 0.29) is 4.90 Å². The molecule has 0 aliphatic heterocycles. The lowest BCUT2D eigenvalue weighted by Gasteiger charge is -2.25. The molecule has 3 aromatic carbocycles. The molecule has 6 nitrogen and oxygen atoms in total. The van der Waals surface area contributed by atoms with Crippen molar-refractivity contribution in [1.29, 1.82) is 0 Å². The zero-order valence-corrected chi connectivity index (χ0v) is 19.6. The molecule has 166 valence electrons. The zero-order chi connectivity index (χ0) is 23.3. The maximum Gasteiger partial charge on any atom is 0.264 e. The van der Waals surface area contributed by atoms with Crippen molar-refractivity contribution in [2.75, 3.05) is 10.8 Å². The number of rotatable bonds is 7. The molecular weight excluding hydrogens is 446 g/mol. The minimum atomic E-state index is -4.03. The summed E-state index contributed by atoms with van der Waals surface area (Å²) in [7, 11) is -4.03. The second-order valence-corrected chi connectivity index (χ2v) is 9.76. The standard InChI is InChI=1S/C24H24ClN3O3S/c1-17-7-11-22(12-8-17)32(30,31)28(23-14-21(25)10-9-19(23)3)16-24(29)27-26-15-20-6-4-5-18(2)13-20/h4-15H,16H2,1-3H3,(H,27,29)/b26-15-. The van der Waals surface area contributed by atoms with Crippen LogP contribution in [0.1, 0.15) is 22.3 Å². The fourth-order valence-electron chi connectivity index (χ4n) is 3.08. The van der Waals surface area contributed by atoms with Gasteiger partial charge in [-0.15, -0.1) is 0 Å². The van der Waals surface area contributed by atoms with Gasteiger partial charge in [-0.05, 0) is 56.2 Å². The van der Waals surface area contributed by atoms with Gasteiger partial charge in [-0.25, -0.2) is 13.8 Å². The van der Waals surface area contributed by atoms with Gasteiger partial charge in [0.05, 0.1) is 16.8 Å². The Balaban J connectivity index is 1.89. The molecule has 3 rings (SSSR count). The molecule has 0 radical (unpaired) electrons. The SMILES string of the molecule is Cc1ccc(S(=O)(=O)N(CC(=O)N/N=C\c2cccc(C)c2)c2cc(Cl)ccc2C)cc1. The van der Waals surface area contributed by atoms with E-state index in [4.69, 9.17) is 11.6 Å². The number of aryl methyl sites for hydroxylation is 3. The van der Waals surface area contributed by atoms with Gasteiger partial charge in [-0.3, -0.25) is 9.10 Å². The number of carbonyl (C=O) groups excluding carboxylic acids is 1. The normalized spacial score (nSPS) is 11.5. The number of nitrogens with one attached hydrogen (secondary N) is 1. The fraction of sp³-hybridized carbons (Fsp3) is 0.167. The third kappa shape index (κ3) is 5.75. The molecular formula is C24H24ClN3O3S. The molecule has 0 saturated carbocycles. The van der Waals surface area contributed by atoms with E-state index in [2.05, 4.69) is 10.5 Å². The van der Waals surface area contributed by atoms with Crippen LogP contribution in [-0.4, -0.2) is 27.1 Å². The molecule has 0 aromatic heterocycles. The first-order chi connectivity index (χ1) is 15.2. The molecule has 0 spiro atoms. The molecule has 1 N–H and O–H groups in total. The molecule has 0 unspecified atom stereocenters. The highest BCUT2D eigenvalue weighted by Crippen LogP contribution is 2.29. The lowest BCUT2D eigenvalue weighted by atomic mass is 10.2. The van der Waals surface area contributed by atoms with Crippen molar-refractivity contribution in [3.63, 3.8) is 0 Å². The quantitative estimate of drug-likeness (QED) is 0.405. The van der Waals surface area contributed by atoms with E-state index in [1.54, 1.807) is 31.2 Å². The van der Waals surface area contributed by atoms with Gasteiger partial charge in [-0.1, -0.05) is 65.2 Å². The zero-order valence-electron chi connectivity index (χ0n) is 18.0. The van der Waals surface area contributed by atoms with Crippen molar-refractivity contribution < 1.29 is 13.2 Å². The van der Waals surface area contributed by atoms with Crippen molar-refractivity contribution in [2.24, 2.45) is 5.10 Å². The Hall–Kier alpha value is -3.16. The van der Waals surface area contributed by atoms with E-state index in [0.717, 1.165) is 21.0 Å². The van der Waals surface area contributed by atoms with Crippen LogP contribution in [0.3, 0.4) is 0 Å². The van der Waals surface area contributed by atoms with Crippen LogP contribution in [0, 0.1) is 20.8 Å². The Morgan fingerprint density at radius 1 is 1.00 bits per heavy atom. The predicted octanol–water partition coefficient (Wildman–Crippen LogP) is 4.61. The van der Waals surface area contributed by atoms with Crippen LogP contribution in [-0.2, 0) is 14.8 Å². The highest BCUT2D eigenvalue weighted by atomic mass is 35.5. The Morgan fingerprint density at radius 3 is 2.41 bits per heavy atom. The van der Waals surface area contributed by atoms with Crippen LogP contribution >= 0.6 is 11.6 Å². The molecule has 1 amide bonds. The number of anilines is 1. The van der Waals surface area contributed by atoms with Crippen LogP contribution in [0.5, 0.6) is 0 Å². The van der Waals surface area contributed by atoms with E-state index >= 15 is 0 Å². The lowest BCUT2D eigenvalue weighted by molar-refractivity contribution is -0.119. The van der Waals surface area contributed by atoms with Crippen LogP contribution in [0.25, 0.3) is 0 Å². The van der Waals surface area contributed by atoms with Crippen molar-refractivity contribution in [3.05, 3.63) is 94.0 Å². The molecule has 0 atom stereocenters. The minimum Gasteiger partial charge on any atom is -0.271 e. The van der Waals surface area contributed by atoms with Gasteiger partial charge in [0.25, 0.3) is 15.9 Å². The number of nitrogens with zero attached hydrogens (tertiary/aromatic N) is 2. The van der Waals surface area contributed by atoms with Crippen LogP contribution < -0.4 is 9.73 Å². The van der Waals surface area contributed by atoms with Crippen LogP contribution in [0.15, 0.2) is 76.7 Å². The van der Waals surface area contributed by atoms with Crippen molar-refractivity contribution in [1.82, 2.24) is 5.43 Å². The Kier molecular flexibility index (Phi) is 7.33. The summed E-state index contributed by atoms with van der Waals surface area (Å²) >= 11 is 6.13. The summed E-state index contributed by atoms with van der Waals surface area (Å²) in [5.74, 6) is -0.580. The molecule has 8 heteroatoms. The van der Waals surface area contributed by atoms with Crippen LogP contribution in [0.4, 0.5) is 5.69 Å². The number of hydrazone groups is 1. The Morgan fingerprint density at radius 2 is 1.72 bits per heavy atom. The molecule has 3 aromatic rings. The molecule has 0 aliphatic rings. The molecule has 0 aliphatic carbocycles. The van der Waals surface area contributed by atoms with E-state index in [1.807, 2.05) is 38.1 Å². The van der Waals surface area contributed by atoms with E-state index in [9.17, 15) is 13.2 Å². The number of benzene rings is 3. The topological polar surface area (TPSA) is 78.8 Å². The highest BCUT2D eigenvalue weighted by Gasteiger charge is 2.28. The van der Waals surface area contributed by atoms with Gasteiger partial charge < -0.3 is 0 Å². The van der Waals surface area contributed by atoms with Crippen molar-refractivity contribution in [3.8, 4) is 0 Å². The summed E-state index contributed by atoms with van der Waals surface area (Å²) in [6, 6.07) is 19.0. The van der Waals surface area contributed by atoms with E-state index < -0.39 is 22.5 Å². The second kappa shape index (κ2) is 9.97. The van der Waals surface area contributed by atoms with Gasteiger partial charge in [0.2, 0.25) is 0 Å². The Labute approximate surface area is 193 Å². The summed E-state index contributed by atoms with van der Waals surface area (Å²) in [6.07, 6.45) is 1.51. The van der Waals surface area contributed by atoms with Gasteiger partial charge in [0.1, 0.15) is 6.54 Å². The first kappa shape index (κ1) is 23.5. The number of amides is 1. The van der Waals surface area contributed by atoms with E-state index in [1.165, 1.54) is 24.4 Å². The predicted molar refractivity (Wildman–Crippen MR) is 129 cm³/mol. The maximum atomic E-state index is 13.4. The van der Waals surface area contributed by atoms with Gasteiger partial charge >= 0.3 is 0 Å². The first-order valence-electron chi connectivity index (χ1n) is 9.91. The summed E-state index contributed by atoms with van der Waals surface area (Å²) in [5, 5.41) is 4.33. The third-order valence-corrected chi connectivity index (χ3v) is 6.79.